The van der Waals surface area contributed by atoms with E-state index in [0.29, 0.717) is 28.8 Å². The van der Waals surface area contributed by atoms with Gasteiger partial charge in [-0.05, 0) is 25.3 Å². The first-order valence-corrected chi connectivity index (χ1v) is 9.25. The molecule has 1 aliphatic heterocycles. The number of aliphatic imine (C=N–C) groups is 1. The molecule has 0 radical (unpaired) electrons. The zero-order valence-electron chi connectivity index (χ0n) is 13.7. The van der Waals surface area contributed by atoms with Gasteiger partial charge >= 0.3 is 5.97 Å². The lowest BCUT2D eigenvalue weighted by atomic mass is 10.2. The molecule has 0 spiro atoms. The van der Waals surface area contributed by atoms with Gasteiger partial charge in [-0.1, -0.05) is 11.8 Å². The van der Waals surface area contributed by atoms with Crippen LogP contribution in [-0.2, 0) is 14.3 Å². The molecule has 9 heteroatoms. The van der Waals surface area contributed by atoms with Crippen LogP contribution in [0.3, 0.4) is 0 Å². The summed E-state index contributed by atoms with van der Waals surface area (Å²) >= 11 is 2.54. The minimum absolute atomic E-state index is 0.0290. The number of anilines is 1. The van der Waals surface area contributed by atoms with E-state index in [2.05, 4.69) is 15.0 Å². The highest BCUT2D eigenvalue weighted by Crippen LogP contribution is 2.30. The number of nitrogens with zero attached hydrogens (tertiary/aromatic N) is 2. The Balaban J connectivity index is 2.03. The molecule has 1 N–H and O–H groups in total. The number of ether oxygens (including phenoxy) is 1. The molecule has 2 heterocycles. The Labute approximate surface area is 148 Å². The Hall–Kier alpha value is -1.87. The number of hydrogen-bond donors (Lipinski definition) is 1. The second-order valence-electron chi connectivity index (χ2n) is 4.85. The number of nitrogens with one attached hydrogen (secondary N) is 1. The molecular weight excluding hydrogens is 350 g/mol. The second kappa shape index (κ2) is 8.29. The summed E-state index contributed by atoms with van der Waals surface area (Å²) in [6.45, 7) is 4.89. The van der Waals surface area contributed by atoms with Crippen LogP contribution in [0, 0.1) is 0 Å². The normalized spacial score (nSPS) is 19.0. The molecule has 2 amide bonds. The first kappa shape index (κ1) is 18.5. The molecule has 2 rings (SSSR count). The van der Waals surface area contributed by atoms with Crippen molar-refractivity contribution in [3.8, 4) is 0 Å². The van der Waals surface area contributed by atoms with Crippen molar-refractivity contribution in [1.29, 1.82) is 0 Å². The largest absolute Gasteiger partial charge is 0.465 e. The second-order valence-corrected chi connectivity index (χ2v) is 6.94. The fourth-order valence-electron chi connectivity index (χ4n) is 2.21. The van der Waals surface area contributed by atoms with Crippen LogP contribution in [0.25, 0.3) is 0 Å². The molecule has 130 valence electrons. The summed E-state index contributed by atoms with van der Waals surface area (Å²) in [7, 11) is 1.29. The fourth-order valence-corrected chi connectivity index (χ4v) is 4.27. The third-order valence-electron chi connectivity index (χ3n) is 3.32. The van der Waals surface area contributed by atoms with Crippen LogP contribution in [0.15, 0.2) is 16.4 Å². The number of carbonyl (C=O) groups is 3. The number of carbonyl (C=O) groups excluding carboxylic acids is 3. The van der Waals surface area contributed by atoms with E-state index in [1.165, 1.54) is 30.2 Å². The fraction of sp³-hybridized carbons (Fsp3) is 0.467. The Morgan fingerprint density at radius 2 is 2.17 bits per heavy atom. The molecule has 0 unspecified atom stereocenters. The Morgan fingerprint density at radius 3 is 2.79 bits per heavy atom. The van der Waals surface area contributed by atoms with E-state index in [9.17, 15) is 14.4 Å². The molecule has 7 nitrogen and oxygen atoms in total. The third kappa shape index (κ3) is 3.96. The van der Waals surface area contributed by atoms with Gasteiger partial charge in [0.1, 0.15) is 10.3 Å². The smallest absolute Gasteiger partial charge is 0.340 e. The van der Waals surface area contributed by atoms with Crippen molar-refractivity contribution in [1.82, 2.24) is 4.90 Å². The summed E-state index contributed by atoms with van der Waals surface area (Å²) in [6.07, 6.45) is 0.0290. The molecular formula is C15H19N3O4S2. The van der Waals surface area contributed by atoms with Gasteiger partial charge in [0.15, 0.2) is 5.17 Å². The predicted octanol–water partition coefficient (Wildman–Crippen LogP) is 2.20. The molecule has 0 bridgehead atoms. The molecule has 1 atom stereocenters. The number of amides is 2. The minimum Gasteiger partial charge on any atom is -0.465 e. The van der Waals surface area contributed by atoms with Crippen LogP contribution < -0.4 is 5.32 Å². The molecule has 1 aromatic rings. The highest BCUT2D eigenvalue weighted by Gasteiger charge is 2.38. The van der Waals surface area contributed by atoms with E-state index < -0.39 is 11.2 Å². The van der Waals surface area contributed by atoms with Crippen molar-refractivity contribution in [3.05, 3.63) is 17.0 Å². The lowest BCUT2D eigenvalue weighted by molar-refractivity contribution is -0.128. The molecule has 1 saturated heterocycles. The molecule has 0 saturated carbocycles. The monoisotopic (exact) mass is 369 g/mol. The summed E-state index contributed by atoms with van der Waals surface area (Å²) in [5.74, 6) is -0.932. The van der Waals surface area contributed by atoms with E-state index in [-0.39, 0.29) is 18.2 Å². The summed E-state index contributed by atoms with van der Waals surface area (Å²) in [4.78, 5) is 42.1. The number of rotatable bonds is 6. The van der Waals surface area contributed by atoms with Gasteiger partial charge in [-0.25, -0.2) is 4.79 Å². The van der Waals surface area contributed by atoms with E-state index in [4.69, 9.17) is 0 Å². The lowest BCUT2D eigenvalue weighted by Gasteiger charge is -2.13. The van der Waals surface area contributed by atoms with E-state index in [1.807, 2.05) is 13.8 Å². The highest BCUT2D eigenvalue weighted by molar-refractivity contribution is 8.15. The first-order chi connectivity index (χ1) is 11.5. The van der Waals surface area contributed by atoms with Crippen molar-refractivity contribution in [2.75, 3.05) is 25.5 Å². The number of methoxy groups -OCH3 is 1. The van der Waals surface area contributed by atoms with Crippen LogP contribution in [0.4, 0.5) is 5.00 Å². The summed E-state index contributed by atoms with van der Waals surface area (Å²) in [5.41, 5.74) is 0.310. The molecule has 0 aliphatic carbocycles. The topological polar surface area (TPSA) is 88.1 Å². The van der Waals surface area contributed by atoms with Gasteiger partial charge < -0.3 is 10.1 Å². The van der Waals surface area contributed by atoms with Gasteiger partial charge in [0, 0.05) is 19.5 Å². The Morgan fingerprint density at radius 1 is 1.42 bits per heavy atom. The molecule has 1 aromatic heterocycles. The average Bonchev–Trinajstić information content (AvgIpc) is 3.12. The third-order valence-corrected chi connectivity index (χ3v) is 5.37. The number of amidine groups is 1. The molecule has 24 heavy (non-hydrogen) atoms. The quantitative estimate of drug-likeness (QED) is 0.777. The number of hydrogen-bond acceptors (Lipinski definition) is 7. The maximum absolute atomic E-state index is 12.4. The van der Waals surface area contributed by atoms with Crippen molar-refractivity contribution in [3.63, 3.8) is 0 Å². The summed E-state index contributed by atoms with van der Waals surface area (Å²) in [5, 5.41) is 4.98. The molecule has 1 fully saturated rings. The van der Waals surface area contributed by atoms with Crippen molar-refractivity contribution in [2.24, 2.45) is 4.99 Å². The maximum atomic E-state index is 12.4. The number of thiophene rings is 1. The van der Waals surface area contributed by atoms with Gasteiger partial charge in [0.25, 0.3) is 0 Å². The predicted molar refractivity (Wildman–Crippen MR) is 95.6 cm³/mol. The number of esters is 1. The van der Waals surface area contributed by atoms with Gasteiger partial charge in [0.2, 0.25) is 11.8 Å². The zero-order chi connectivity index (χ0) is 17.7. The Kier molecular flexibility index (Phi) is 6.38. The minimum atomic E-state index is -0.507. The van der Waals surface area contributed by atoms with Gasteiger partial charge in [0.05, 0.1) is 12.7 Å². The Bertz CT molecular complexity index is 671. The van der Waals surface area contributed by atoms with Crippen LogP contribution in [0.5, 0.6) is 0 Å². The maximum Gasteiger partial charge on any atom is 0.340 e. The van der Waals surface area contributed by atoms with Gasteiger partial charge in [-0.3, -0.25) is 19.5 Å². The summed E-state index contributed by atoms with van der Waals surface area (Å²) in [6, 6.07) is 1.59. The van der Waals surface area contributed by atoms with E-state index >= 15 is 0 Å². The van der Waals surface area contributed by atoms with E-state index in [0.717, 1.165) is 0 Å². The van der Waals surface area contributed by atoms with Crippen LogP contribution in [-0.4, -0.2) is 53.3 Å². The highest BCUT2D eigenvalue weighted by atomic mass is 32.2. The zero-order valence-corrected chi connectivity index (χ0v) is 15.3. The number of thioether (sulfide) groups is 1. The van der Waals surface area contributed by atoms with Gasteiger partial charge in [-0.15, -0.1) is 11.3 Å². The SMILES string of the molecule is CCN=C1S[C@H](CC(=O)Nc2sccc2C(=O)OC)C(=O)N1CC. The lowest BCUT2D eigenvalue weighted by Crippen LogP contribution is -2.33. The van der Waals surface area contributed by atoms with Crippen molar-refractivity contribution in [2.45, 2.75) is 25.5 Å². The average molecular weight is 369 g/mol. The molecule has 1 aliphatic rings. The first-order valence-electron chi connectivity index (χ1n) is 7.49. The van der Waals surface area contributed by atoms with Gasteiger partial charge in [-0.2, -0.15) is 0 Å². The van der Waals surface area contributed by atoms with Crippen molar-refractivity contribution < 1.29 is 19.1 Å². The van der Waals surface area contributed by atoms with Crippen LogP contribution in [0.1, 0.15) is 30.6 Å². The van der Waals surface area contributed by atoms with Crippen molar-refractivity contribution >= 4 is 51.1 Å². The standard InChI is InChI=1S/C15H19N3O4S2/c1-4-16-15-18(5-2)13(20)10(24-15)8-11(19)17-12-9(6-7-23-12)14(21)22-3/h6-7,10H,4-5,8H2,1-3H3,(H,17,19)/t10-/m1/s1. The van der Waals surface area contributed by atoms with E-state index in [1.54, 1.807) is 16.3 Å². The molecule has 0 aromatic carbocycles. The van der Waals surface area contributed by atoms with Crippen LogP contribution in [0.2, 0.25) is 0 Å². The summed E-state index contributed by atoms with van der Waals surface area (Å²) < 4.78 is 4.67. The van der Waals surface area contributed by atoms with Crippen LogP contribution >= 0.6 is 23.1 Å².